The van der Waals surface area contributed by atoms with Crippen LogP contribution >= 0.6 is 11.8 Å². The Kier molecular flexibility index (Phi) is 6.50. The summed E-state index contributed by atoms with van der Waals surface area (Å²) in [6, 6.07) is 13.1. The number of amides is 2. The summed E-state index contributed by atoms with van der Waals surface area (Å²) in [6.07, 6.45) is 0.477. The lowest BCUT2D eigenvalue weighted by atomic mass is 9.98. The van der Waals surface area contributed by atoms with Gasteiger partial charge in [0, 0.05) is 6.42 Å². The highest BCUT2D eigenvalue weighted by Crippen LogP contribution is 2.34. The van der Waals surface area contributed by atoms with Crippen LogP contribution in [0.3, 0.4) is 0 Å². The minimum absolute atomic E-state index is 0.00748. The molecule has 2 amide bonds. The number of thioether (sulfide) groups is 1. The molecule has 0 fully saturated rings. The van der Waals surface area contributed by atoms with Gasteiger partial charge >= 0.3 is 0 Å². The molecule has 1 unspecified atom stereocenters. The number of nitrogens with zero attached hydrogens (tertiary/aromatic N) is 4. The van der Waals surface area contributed by atoms with E-state index >= 15 is 0 Å². The van der Waals surface area contributed by atoms with Gasteiger partial charge in [-0.2, -0.15) is 10.1 Å². The quantitative estimate of drug-likeness (QED) is 0.622. The van der Waals surface area contributed by atoms with Crippen molar-refractivity contribution in [2.45, 2.75) is 19.4 Å². The van der Waals surface area contributed by atoms with Gasteiger partial charge in [-0.3, -0.25) is 9.59 Å². The first-order chi connectivity index (χ1) is 15.9. The van der Waals surface area contributed by atoms with Gasteiger partial charge in [-0.05, 0) is 54.4 Å². The average Bonchev–Trinajstić information content (AvgIpc) is 3.27. The molecule has 0 N–H and O–H groups in total. The maximum atomic E-state index is 13.5. The standard InChI is InChI=1S/C24H21FN4O3S/c1-14-15(2)26-24(27-23(14)31)33-13-22(30)29-21(17-4-8-18(25)9-5-17)12-20(28-29)16-6-10-19(32-3)11-7-16/h4-11,21H,1,12-13H2,2-3H3. The van der Waals surface area contributed by atoms with Crippen LogP contribution in [0.2, 0.25) is 0 Å². The monoisotopic (exact) mass is 464 g/mol. The topological polar surface area (TPSA) is 83.7 Å². The molecule has 2 aromatic carbocycles. The summed E-state index contributed by atoms with van der Waals surface area (Å²) in [4.78, 5) is 33.1. The summed E-state index contributed by atoms with van der Waals surface area (Å²) in [7, 11) is 1.59. The molecule has 2 aromatic rings. The third kappa shape index (κ3) is 4.93. The Hall–Kier alpha value is -3.59. The van der Waals surface area contributed by atoms with Gasteiger partial charge in [0.1, 0.15) is 11.6 Å². The van der Waals surface area contributed by atoms with Gasteiger partial charge in [0.15, 0.2) is 5.17 Å². The largest absolute Gasteiger partial charge is 0.497 e. The van der Waals surface area contributed by atoms with E-state index in [4.69, 9.17) is 4.74 Å². The summed E-state index contributed by atoms with van der Waals surface area (Å²) in [5, 5.41) is 6.23. The number of hydrogen-bond acceptors (Lipinski definition) is 6. The third-order valence-electron chi connectivity index (χ3n) is 5.32. The second kappa shape index (κ2) is 9.50. The molecule has 0 saturated carbocycles. The average molecular weight is 465 g/mol. The zero-order chi connectivity index (χ0) is 23.5. The van der Waals surface area contributed by atoms with Crippen molar-refractivity contribution in [3.8, 4) is 5.75 Å². The normalized spacial score (nSPS) is 18.1. The fourth-order valence-electron chi connectivity index (χ4n) is 3.44. The Labute approximate surface area is 194 Å². The summed E-state index contributed by atoms with van der Waals surface area (Å²) < 4.78 is 18.7. The van der Waals surface area contributed by atoms with Gasteiger partial charge in [-0.25, -0.2) is 14.4 Å². The third-order valence-corrected chi connectivity index (χ3v) is 6.16. The van der Waals surface area contributed by atoms with Crippen LogP contribution in [0.15, 0.2) is 75.8 Å². The van der Waals surface area contributed by atoms with Gasteiger partial charge in [0.25, 0.3) is 11.8 Å². The second-order valence-corrected chi connectivity index (χ2v) is 8.39. The number of hydrogen-bond donors (Lipinski definition) is 0. The van der Waals surface area contributed by atoms with E-state index in [-0.39, 0.29) is 34.3 Å². The molecule has 0 saturated heterocycles. The van der Waals surface area contributed by atoms with Crippen LogP contribution in [-0.4, -0.2) is 46.3 Å². The molecule has 2 aliphatic rings. The Morgan fingerprint density at radius 1 is 1.18 bits per heavy atom. The van der Waals surface area contributed by atoms with E-state index in [1.165, 1.54) is 17.1 Å². The molecule has 2 heterocycles. The maximum absolute atomic E-state index is 13.5. The van der Waals surface area contributed by atoms with E-state index in [9.17, 15) is 14.0 Å². The van der Waals surface area contributed by atoms with Crippen LogP contribution in [0.25, 0.3) is 0 Å². The lowest BCUT2D eigenvalue weighted by Crippen LogP contribution is -2.29. The van der Waals surface area contributed by atoms with Crippen LogP contribution in [0.1, 0.15) is 30.5 Å². The highest BCUT2D eigenvalue weighted by molar-refractivity contribution is 8.14. The van der Waals surface area contributed by atoms with Crippen molar-refractivity contribution in [1.82, 2.24) is 5.01 Å². The number of ether oxygens (including phenoxy) is 1. The molecular formula is C24H21FN4O3S. The first-order valence-electron chi connectivity index (χ1n) is 10.2. The number of amidine groups is 1. The van der Waals surface area contributed by atoms with Gasteiger partial charge in [0.2, 0.25) is 0 Å². The van der Waals surface area contributed by atoms with Crippen LogP contribution in [0, 0.1) is 5.82 Å². The van der Waals surface area contributed by atoms with Crippen LogP contribution < -0.4 is 4.74 Å². The van der Waals surface area contributed by atoms with E-state index in [2.05, 4.69) is 21.7 Å². The minimum Gasteiger partial charge on any atom is -0.497 e. The summed E-state index contributed by atoms with van der Waals surface area (Å²) in [5.74, 6) is -0.367. The van der Waals surface area contributed by atoms with Crippen LogP contribution in [-0.2, 0) is 9.59 Å². The van der Waals surface area contributed by atoms with Crippen molar-refractivity contribution >= 4 is 40.2 Å². The molecule has 0 aliphatic carbocycles. The van der Waals surface area contributed by atoms with E-state index < -0.39 is 5.91 Å². The first kappa shape index (κ1) is 22.6. The molecule has 0 radical (unpaired) electrons. The zero-order valence-electron chi connectivity index (χ0n) is 18.1. The van der Waals surface area contributed by atoms with E-state index in [0.29, 0.717) is 12.1 Å². The fraction of sp³-hybridized carbons (Fsp3) is 0.208. The maximum Gasteiger partial charge on any atom is 0.280 e. The van der Waals surface area contributed by atoms with Gasteiger partial charge in [-0.1, -0.05) is 30.5 Å². The van der Waals surface area contributed by atoms with Gasteiger partial charge < -0.3 is 4.74 Å². The predicted molar refractivity (Wildman–Crippen MR) is 127 cm³/mol. The number of methoxy groups -OCH3 is 1. The number of aliphatic imine (C=N–C) groups is 2. The molecule has 33 heavy (non-hydrogen) atoms. The number of benzene rings is 2. The lowest BCUT2D eigenvalue weighted by Gasteiger charge is -2.22. The molecule has 168 valence electrons. The number of hydrazone groups is 1. The summed E-state index contributed by atoms with van der Waals surface area (Å²) >= 11 is 1.07. The van der Waals surface area contributed by atoms with Crippen molar-refractivity contribution in [3.05, 3.63) is 77.6 Å². The van der Waals surface area contributed by atoms with Crippen LogP contribution in [0.4, 0.5) is 4.39 Å². The van der Waals surface area contributed by atoms with E-state index in [1.54, 1.807) is 26.2 Å². The molecule has 0 bridgehead atoms. The molecule has 1 atom stereocenters. The number of carbonyl (C=O) groups is 2. The smallest absolute Gasteiger partial charge is 0.280 e. The highest BCUT2D eigenvalue weighted by Gasteiger charge is 2.33. The van der Waals surface area contributed by atoms with Gasteiger partial charge in [-0.15, -0.1) is 0 Å². The Morgan fingerprint density at radius 3 is 2.52 bits per heavy atom. The SMILES string of the molecule is C=C1C(=O)N=C(SCC(=O)N2N=C(c3ccc(OC)cc3)CC2c2ccc(F)cc2)N=C1C. The summed E-state index contributed by atoms with van der Waals surface area (Å²) in [5.41, 5.74) is 3.11. The van der Waals surface area contributed by atoms with Crippen molar-refractivity contribution in [2.24, 2.45) is 15.1 Å². The minimum atomic E-state index is -0.456. The number of carbonyl (C=O) groups excluding carboxylic acids is 2. The molecule has 9 heteroatoms. The lowest BCUT2D eigenvalue weighted by molar-refractivity contribution is -0.130. The number of rotatable bonds is 5. The Balaban J connectivity index is 1.56. The van der Waals surface area contributed by atoms with Gasteiger partial charge in [0.05, 0.1) is 35.9 Å². The van der Waals surface area contributed by atoms with E-state index in [0.717, 1.165) is 34.3 Å². The molecule has 4 rings (SSSR count). The fourth-order valence-corrected chi connectivity index (χ4v) is 4.18. The Morgan fingerprint density at radius 2 is 1.88 bits per heavy atom. The summed E-state index contributed by atoms with van der Waals surface area (Å²) in [6.45, 7) is 5.32. The molecular weight excluding hydrogens is 443 g/mol. The predicted octanol–water partition coefficient (Wildman–Crippen LogP) is 4.16. The zero-order valence-corrected chi connectivity index (χ0v) is 18.9. The molecule has 0 aromatic heterocycles. The molecule has 7 nitrogen and oxygen atoms in total. The molecule has 2 aliphatic heterocycles. The second-order valence-electron chi connectivity index (χ2n) is 7.45. The van der Waals surface area contributed by atoms with Crippen molar-refractivity contribution in [3.63, 3.8) is 0 Å². The van der Waals surface area contributed by atoms with Crippen molar-refractivity contribution in [1.29, 1.82) is 0 Å². The van der Waals surface area contributed by atoms with E-state index in [1.807, 2.05) is 24.3 Å². The Bertz CT molecular complexity index is 1200. The number of halogens is 1. The highest BCUT2D eigenvalue weighted by atomic mass is 32.2. The molecule has 0 spiro atoms. The van der Waals surface area contributed by atoms with Crippen molar-refractivity contribution in [2.75, 3.05) is 12.9 Å². The first-order valence-corrected chi connectivity index (χ1v) is 11.1. The van der Waals surface area contributed by atoms with Crippen LogP contribution in [0.5, 0.6) is 5.75 Å². The van der Waals surface area contributed by atoms with Crippen molar-refractivity contribution < 1.29 is 18.7 Å².